The van der Waals surface area contributed by atoms with Crippen LogP contribution >= 0.6 is 0 Å². The van der Waals surface area contributed by atoms with Crippen molar-refractivity contribution in [1.29, 1.82) is 0 Å². The number of para-hydroxylation sites is 2. The van der Waals surface area contributed by atoms with Gasteiger partial charge in [0, 0.05) is 48.9 Å². The molecule has 0 radical (unpaired) electrons. The Morgan fingerprint density at radius 2 is 0.849 bits per heavy atom. The van der Waals surface area contributed by atoms with Gasteiger partial charge in [-0.1, -0.05) is 182 Å². The van der Waals surface area contributed by atoms with Crippen molar-refractivity contribution < 1.29 is 18.1 Å². The maximum atomic E-state index is 6.55. The Balaban J connectivity index is 0.000000160. The average molecular weight is 943 g/mol. The Kier molecular flexibility index (Phi) is 9.75. The number of hydrogen-bond donors (Lipinski definition) is 0. The highest BCUT2D eigenvalue weighted by molar-refractivity contribution is 6.65. The number of rotatable bonds is 4. The van der Waals surface area contributed by atoms with E-state index in [1.165, 1.54) is 37.7 Å². The van der Waals surface area contributed by atoms with Crippen molar-refractivity contribution in [3.63, 3.8) is 0 Å². The van der Waals surface area contributed by atoms with Crippen LogP contribution < -0.4 is 5.46 Å². The molecule has 11 aromatic carbocycles. The van der Waals surface area contributed by atoms with E-state index >= 15 is 0 Å². The predicted octanol–water partition coefficient (Wildman–Crippen LogP) is 17.0. The van der Waals surface area contributed by atoms with E-state index < -0.39 is 7.12 Å². The monoisotopic (exact) mass is 942 g/mol. The maximum absolute atomic E-state index is 6.55. The van der Waals surface area contributed by atoms with Gasteiger partial charge >= 0.3 is 7.12 Å². The first-order valence-electron chi connectivity index (χ1n) is 25.0. The zero-order valence-corrected chi connectivity index (χ0v) is 40.8. The third-order valence-corrected chi connectivity index (χ3v) is 15.4. The van der Waals surface area contributed by atoms with Gasteiger partial charge in [-0.05, 0) is 101 Å². The summed E-state index contributed by atoms with van der Waals surface area (Å²) in [6, 6.07) is 72.2. The number of fused-ring (bicyclic) bond motifs is 16. The molecule has 0 aliphatic carbocycles. The van der Waals surface area contributed by atoms with E-state index in [-0.39, 0.29) is 11.2 Å². The Labute approximate surface area is 421 Å². The van der Waals surface area contributed by atoms with Crippen molar-refractivity contribution in [1.82, 2.24) is 9.97 Å². The second-order valence-electron chi connectivity index (χ2n) is 20.2. The second-order valence-corrected chi connectivity index (χ2v) is 20.2. The fourth-order valence-corrected chi connectivity index (χ4v) is 11.0. The van der Waals surface area contributed by atoms with Crippen LogP contribution in [0, 0.1) is 0 Å². The summed E-state index contributed by atoms with van der Waals surface area (Å²) in [5.74, 6) is 0. The summed E-state index contributed by atoms with van der Waals surface area (Å²) in [6.45, 7) is 8.27. The average Bonchev–Trinajstić information content (AvgIpc) is 4.09. The SMILES string of the molecule is CC1(C)OB(c2cccc3c2oc2ccc4ccccc4c23)OC1(C)C.c1cc(-c2cccc(-c3cccc4c3oc3ccc5ccccc5c34)c2)cc(-c2cnc3c4ccccc4c4ccccc4c3n2)c1. The lowest BCUT2D eigenvalue weighted by Gasteiger charge is -2.32. The van der Waals surface area contributed by atoms with Gasteiger partial charge in [-0.3, -0.25) is 4.98 Å². The standard InChI is InChI=1S/C44H26N2O.C22H21BO3/c1-2-15-32-27(10-1)22-23-40-41(32)38-21-9-20-33(44(38)47-40)30-13-7-11-28(24-30)29-12-8-14-31(25-29)39-26-45-42-36-18-5-3-16-34(36)35-17-4-6-19-37(35)43(42)46-39;1-21(2)22(3,4)26-23(25-21)17-11-7-10-16-19-15-9-6-5-8-14(15)12-13-18(19)24-20(16)17/h1-26H;5-13H,1-4H3. The molecule has 15 rings (SSSR count). The Hall–Kier alpha value is -8.62. The number of aromatic nitrogens is 2. The summed E-state index contributed by atoms with van der Waals surface area (Å²) >= 11 is 0. The molecule has 0 saturated carbocycles. The van der Waals surface area contributed by atoms with Crippen molar-refractivity contribution >= 4 is 111 Å². The molecule has 4 heterocycles. The Bertz CT molecular complexity index is 4500. The summed E-state index contributed by atoms with van der Waals surface area (Å²) in [6.07, 6.45) is 1.91. The number of nitrogens with zero attached hydrogens (tertiary/aromatic N) is 2. The Morgan fingerprint density at radius 1 is 0.384 bits per heavy atom. The summed E-state index contributed by atoms with van der Waals surface area (Å²) in [5, 5.41) is 14.0. The highest BCUT2D eigenvalue weighted by Gasteiger charge is 2.52. The first-order valence-corrected chi connectivity index (χ1v) is 25.0. The number of hydrogen-bond acceptors (Lipinski definition) is 6. The fourth-order valence-electron chi connectivity index (χ4n) is 11.0. The van der Waals surface area contributed by atoms with Crippen molar-refractivity contribution in [2.45, 2.75) is 38.9 Å². The van der Waals surface area contributed by atoms with E-state index in [9.17, 15) is 0 Å². The molecule has 0 unspecified atom stereocenters. The van der Waals surface area contributed by atoms with Crippen molar-refractivity contribution in [3.05, 3.63) is 212 Å². The van der Waals surface area contributed by atoms with Crippen LogP contribution in [0.15, 0.2) is 221 Å². The molecule has 0 amide bonds. The molecule has 0 spiro atoms. The van der Waals surface area contributed by atoms with E-state index in [0.717, 1.165) is 99.3 Å². The van der Waals surface area contributed by atoms with Gasteiger partial charge in [0.2, 0.25) is 0 Å². The normalized spacial score (nSPS) is 14.4. The molecule has 0 N–H and O–H groups in total. The minimum atomic E-state index is -0.435. The fraction of sp³-hybridized carbons (Fsp3) is 0.0909. The van der Waals surface area contributed by atoms with Crippen molar-refractivity contribution in [2.24, 2.45) is 0 Å². The molecule has 1 aliphatic heterocycles. The minimum Gasteiger partial charge on any atom is -0.456 e. The number of furan rings is 2. The molecule has 1 aliphatic rings. The molecule has 14 aromatic rings. The topological polar surface area (TPSA) is 70.5 Å². The lowest BCUT2D eigenvalue weighted by Crippen LogP contribution is -2.41. The van der Waals surface area contributed by atoms with Crippen LogP contribution in [-0.2, 0) is 9.31 Å². The summed E-state index contributed by atoms with van der Waals surface area (Å²) < 4.78 is 25.3. The van der Waals surface area contributed by atoms with Gasteiger partial charge in [0.25, 0.3) is 0 Å². The Morgan fingerprint density at radius 3 is 1.48 bits per heavy atom. The lowest BCUT2D eigenvalue weighted by atomic mass is 9.78. The third kappa shape index (κ3) is 6.95. The molecule has 73 heavy (non-hydrogen) atoms. The molecular weight excluding hydrogens is 896 g/mol. The maximum Gasteiger partial charge on any atom is 0.498 e. The van der Waals surface area contributed by atoms with Gasteiger partial charge in [0.05, 0.1) is 34.1 Å². The van der Waals surface area contributed by atoms with E-state index in [1.807, 2.05) is 18.3 Å². The van der Waals surface area contributed by atoms with E-state index in [0.29, 0.717) is 0 Å². The second kappa shape index (κ2) is 16.5. The third-order valence-electron chi connectivity index (χ3n) is 15.4. The molecule has 6 nitrogen and oxygen atoms in total. The molecule has 3 aromatic heterocycles. The van der Waals surface area contributed by atoms with Crippen LogP contribution in [0.3, 0.4) is 0 Å². The van der Waals surface area contributed by atoms with Crippen LogP contribution in [0.25, 0.3) is 132 Å². The van der Waals surface area contributed by atoms with Gasteiger partial charge < -0.3 is 18.1 Å². The first-order chi connectivity index (χ1) is 35.7. The molecule has 0 atom stereocenters. The van der Waals surface area contributed by atoms with Gasteiger partial charge in [0.1, 0.15) is 22.3 Å². The van der Waals surface area contributed by atoms with Gasteiger partial charge in [-0.2, -0.15) is 0 Å². The van der Waals surface area contributed by atoms with Crippen LogP contribution in [0.2, 0.25) is 0 Å². The largest absolute Gasteiger partial charge is 0.498 e. The zero-order chi connectivity index (χ0) is 49.0. The summed E-state index contributed by atoms with van der Waals surface area (Å²) in [5.41, 5.74) is 12.0. The van der Waals surface area contributed by atoms with Gasteiger partial charge in [-0.25, -0.2) is 4.98 Å². The van der Waals surface area contributed by atoms with Crippen LogP contribution in [0.4, 0.5) is 0 Å². The highest BCUT2D eigenvalue weighted by atomic mass is 16.7. The lowest BCUT2D eigenvalue weighted by molar-refractivity contribution is 0.00578. The zero-order valence-electron chi connectivity index (χ0n) is 40.8. The smallest absolute Gasteiger partial charge is 0.456 e. The molecule has 0 bridgehead atoms. The first kappa shape index (κ1) is 43.2. The van der Waals surface area contributed by atoms with E-state index in [2.05, 4.69) is 222 Å². The van der Waals surface area contributed by atoms with E-state index in [1.54, 1.807) is 0 Å². The molecular formula is C66H47BN2O4. The van der Waals surface area contributed by atoms with Crippen LogP contribution in [0.1, 0.15) is 27.7 Å². The number of benzene rings is 11. The quantitative estimate of drug-likeness (QED) is 0.129. The minimum absolute atomic E-state index is 0.376. The van der Waals surface area contributed by atoms with Crippen LogP contribution in [-0.4, -0.2) is 28.3 Å². The van der Waals surface area contributed by atoms with E-state index in [4.69, 9.17) is 28.1 Å². The summed E-state index contributed by atoms with van der Waals surface area (Å²) in [4.78, 5) is 10.2. The molecule has 348 valence electrons. The van der Waals surface area contributed by atoms with Gasteiger partial charge in [0.15, 0.2) is 0 Å². The molecule has 7 heteroatoms. The summed E-state index contributed by atoms with van der Waals surface area (Å²) in [7, 11) is -0.435. The van der Waals surface area contributed by atoms with Crippen molar-refractivity contribution in [2.75, 3.05) is 0 Å². The molecule has 1 saturated heterocycles. The predicted molar refractivity (Wildman–Crippen MR) is 303 cm³/mol. The van der Waals surface area contributed by atoms with Crippen molar-refractivity contribution in [3.8, 4) is 33.5 Å². The van der Waals surface area contributed by atoms with Crippen LogP contribution in [0.5, 0.6) is 0 Å². The highest BCUT2D eigenvalue weighted by Crippen LogP contribution is 2.42. The molecule has 1 fully saturated rings. The van der Waals surface area contributed by atoms with Gasteiger partial charge in [-0.15, -0.1) is 0 Å².